The molecule has 2 saturated heterocycles. The number of ether oxygens (including phenoxy) is 2. The van der Waals surface area contributed by atoms with E-state index in [1.165, 1.54) is 5.56 Å². The van der Waals surface area contributed by atoms with Gasteiger partial charge in [-0.3, -0.25) is 4.98 Å². The fraction of sp³-hybridized carbons (Fsp3) is 0.562. The first-order valence-electron chi connectivity index (χ1n) is 7.92. The van der Waals surface area contributed by atoms with E-state index in [-0.39, 0.29) is 11.7 Å². The average Bonchev–Trinajstić information content (AvgIpc) is 2.98. The van der Waals surface area contributed by atoms with Crippen LogP contribution >= 0.6 is 11.3 Å². The van der Waals surface area contributed by atoms with Crippen molar-refractivity contribution < 1.29 is 9.47 Å². The Labute approximate surface area is 139 Å². The molecule has 122 valence electrons. The van der Waals surface area contributed by atoms with Gasteiger partial charge in [0.1, 0.15) is 10.6 Å². The number of rotatable bonds is 4. The van der Waals surface area contributed by atoms with Crippen LogP contribution in [0.3, 0.4) is 0 Å². The van der Waals surface area contributed by atoms with Gasteiger partial charge in [-0.25, -0.2) is 0 Å². The Hall–Kier alpha value is -1.57. The van der Waals surface area contributed by atoms with Crippen LogP contribution in [-0.4, -0.2) is 46.6 Å². The van der Waals surface area contributed by atoms with E-state index < -0.39 is 0 Å². The smallest absolute Gasteiger partial charge is 0.208 e. The Morgan fingerprint density at radius 1 is 1.35 bits per heavy atom. The zero-order valence-electron chi connectivity index (χ0n) is 13.1. The molecule has 4 heterocycles. The summed E-state index contributed by atoms with van der Waals surface area (Å²) in [5.41, 5.74) is 1.10. The standard InChI is InChI=1S/C16H20N4O2S/c1-12-18-19-15(23-12)20-10-16(11-20)8-14(4-7-22-16)21-9-13-2-5-17-6-3-13/h2-3,5-6,14H,4,7-11H2,1H3/t14-/m0/s1. The molecule has 7 heteroatoms. The number of pyridine rings is 1. The molecule has 0 saturated carbocycles. The lowest BCUT2D eigenvalue weighted by Crippen LogP contribution is -2.66. The van der Waals surface area contributed by atoms with Crippen molar-refractivity contribution in [2.75, 3.05) is 24.6 Å². The maximum absolute atomic E-state index is 6.09. The first kappa shape index (κ1) is 15.0. The maximum Gasteiger partial charge on any atom is 0.208 e. The molecular formula is C16H20N4O2S. The van der Waals surface area contributed by atoms with Gasteiger partial charge in [0.25, 0.3) is 0 Å². The van der Waals surface area contributed by atoms with E-state index in [2.05, 4.69) is 20.1 Å². The van der Waals surface area contributed by atoms with E-state index in [9.17, 15) is 0 Å². The van der Waals surface area contributed by atoms with E-state index in [1.807, 2.05) is 19.1 Å². The van der Waals surface area contributed by atoms with Crippen molar-refractivity contribution in [3.8, 4) is 0 Å². The van der Waals surface area contributed by atoms with Gasteiger partial charge in [-0.05, 0) is 31.0 Å². The minimum absolute atomic E-state index is 0.0687. The van der Waals surface area contributed by atoms with Crippen molar-refractivity contribution in [2.24, 2.45) is 0 Å². The van der Waals surface area contributed by atoms with Gasteiger partial charge in [-0.15, -0.1) is 10.2 Å². The van der Waals surface area contributed by atoms with Crippen LogP contribution < -0.4 is 4.90 Å². The average molecular weight is 332 g/mol. The minimum Gasteiger partial charge on any atom is -0.373 e. The molecule has 0 unspecified atom stereocenters. The third-order valence-electron chi connectivity index (χ3n) is 4.43. The first-order valence-corrected chi connectivity index (χ1v) is 8.74. The van der Waals surface area contributed by atoms with Crippen molar-refractivity contribution in [3.05, 3.63) is 35.1 Å². The summed E-state index contributed by atoms with van der Waals surface area (Å²) in [5, 5.41) is 10.3. The van der Waals surface area contributed by atoms with Crippen LogP contribution in [0.5, 0.6) is 0 Å². The monoisotopic (exact) mass is 332 g/mol. The normalized spacial score (nSPS) is 23.0. The molecule has 1 spiro atoms. The molecule has 2 aliphatic rings. The molecule has 23 heavy (non-hydrogen) atoms. The molecule has 0 amide bonds. The van der Waals surface area contributed by atoms with Gasteiger partial charge in [0.15, 0.2) is 0 Å². The molecule has 1 atom stereocenters. The van der Waals surface area contributed by atoms with E-state index in [4.69, 9.17) is 9.47 Å². The summed E-state index contributed by atoms with van der Waals surface area (Å²) in [5.74, 6) is 0. The summed E-state index contributed by atoms with van der Waals surface area (Å²) < 4.78 is 12.2. The molecule has 0 N–H and O–H groups in total. The number of aromatic nitrogens is 3. The minimum atomic E-state index is -0.0687. The van der Waals surface area contributed by atoms with Crippen molar-refractivity contribution >= 4 is 16.5 Å². The summed E-state index contributed by atoms with van der Waals surface area (Å²) in [4.78, 5) is 6.28. The first-order chi connectivity index (χ1) is 11.2. The molecule has 2 aliphatic heterocycles. The third kappa shape index (κ3) is 3.22. The highest BCUT2D eigenvalue weighted by Crippen LogP contribution is 2.38. The van der Waals surface area contributed by atoms with Crippen LogP contribution in [0.25, 0.3) is 0 Å². The molecule has 0 aliphatic carbocycles. The fourth-order valence-electron chi connectivity index (χ4n) is 3.24. The fourth-order valence-corrected chi connectivity index (χ4v) is 3.92. The van der Waals surface area contributed by atoms with Gasteiger partial charge in [0.2, 0.25) is 5.13 Å². The second kappa shape index (κ2) is 6.14. The molecule has 2 fully saturated rings. The molecule has 0 radical (unpaired) electrons. The Balaban J connectivity index is 1.31. The Morgan fingerprint density at radius 3 is 2.91 bits per heavy atom. The van der Waals surface area contributed by atoms with Gasteiger partial charge in [0.05, 0.1) is 25.8 Å². The Kier molecular flexibility index (Phi) is 4.00. The third-order valence-corrected chi connectivity index (χ3v) is 5.33. The number of anilines is 1. The van der Waals surface area contributed by atoms with Crippen LogP contribution in [-0.2, 0) is 16.1 Å². The quantitative estimate of drug-likeness (QED) is 0.855. The number of hydrogen-bond acceptors (Lipinski definition) is 7. The van der Waals surface area contributed by atoms with Crippen LogP contribution in [0, 0.1) is 6.92 Å². The van der Waals surface area contributed by atoms with Gasteiger partial charge >= 0.3 is 0 Å². The zero-order chi connectivity index (χ0) is 15.7. The van der Waals surface area contributed by atoms with Crippen molar-refractivity contribution in [1.29, 1.82) is 0 Å². The lowest BCUT2D eigenvalue weighted by Gasteiger charge is -2.52. The van der Waals surface area contributed by atoms with Crippen molar-refractivity contribution in [3.63, 3.8) is 0 Å². The van der Waals surface area contributed by atoms with E-state index >= 15 is 0 Å². The molecular weight excluding hydrogens is 312 g/mol. The summed E-state index contributed by atoms with van der Waals surface area (Å²) in [6.07, 6.45) is 5.78. The second-order valence-electron chi connectivity index (χ2n) is 6.27. The topological polar surface area (TPSA) is 60.4 Å². The summed E-state index contributed by atoms with van der Waals surface area (Å²) >= 11 is 1.64. The summed E-state index contributed by atoms with van der Waals surface area (Å²) in [6.45, 7) is 5.16. The number of hydrogen-bond donors (Lipinski definition) is 0. The zero-order valence-corrected chi connectivity index (χ0v) is 14.0. The van der Waals surface area contributed by atoms with Gasteiger partial charge in [-0.2, -0.15) is 0 Å². The Bertz CT molecular complexity index is 657. The molecule has 2 aromatic heterocycles. The SMILES string of the molecule is Cc1nnc(N2CC3(C[C@@H](OCc4ccncc4)CCO3)C2)s1. The highest BCUT2D eigenvalue weighted by Gasteiger charge is 2.48. The van der Waals surface area contributed by atoms with Crippen molar-refractivity contribution in [2.45, 2.75) is 38.1 Å². The molecule has 0 bridgehead atoms. The van der Waals surface area contributed by atoms with Gasteiger partial charge < -0.3 is 14.4 Å². The van der Waals surface area contributed by atoms with E-state index in [0.717, 1.165) is 42.7 Å². The highest BCUT2D eigenvalue weighted by atomic mass is 32.1. The van der Waals surface area contributed by atoms with E-state index in [1.54, 1.807) is 23.7 Å². The van der Waals surface area contributed by atoms with Crippen LogP contribution in [0.4, 0.5) is 5.13 Å². The number of nitrogens with zero attached hydrogens (tertiary/aromatic N) is 4. The van der Waals surface area contributed by atoms with Gasteiger partial charge in [0, 0.05) is 25.4 Å². The van der Waals surface area contributed by atoms with Crippen molar-refractivity contribution in [1.82, 2.24) is 15.2 Å². The van der Waals surface area contributed by atoms with Crippen LogP contribution in [0.2, 0.25) is 0 Å². The predicted molar refractivity (Wildman–Crippen MR) is 87.6 cm³/mol. The number of aryl methyl sites for hydroxylation is 1. The lowest BCUT2D eigenvalue weighted by atomic mass is 9.85. The predicted octanol–water partition coefficient (Wildman–Crippen LogP) is 2.20. The largest absolute Gasteiger partial charge is 0.373 e. The lowest BCUT2D eigenvalue weighted by molar-refractivity contribution is -0.148. The summed E-state index contributed by atoms with van der Waals surface area (Å²) in [6, 6.07) is 4.00. The van der Waals surface area contributed by atoms with Crippen LogP contribution in [0.15, 0.2) is 24.5 Å². The maximum atomic E-state index is 6.09. The van der Waals surface area contributed by atoms with Crippen LogP contribution in [0.1, 0.15) is 23.4 Å². The molecule has 6 nitrogen and oxygen atoms in total. The highest BCUT2D eigenvalue weighted by molar-refractivity contribution is 7.15. The summed E-state index contributed by atoms with van der Waals surface area (Å²) in [7, 11) is 0. The molecule has 2 aromatic rings. The Morgan fingerprint density at radius 2 is 2.17 bits per heavy atom. The van der Waals surface area contributed by atoms with Gasteiger partial charge in [-0.1, -0.05) is 11.3 Å². The second-order valence-corrected chi connectivity index (χ2v) is 7.43. The van der Waals surface area contributed by atoms with E-state index in [0.29, 0.717) is 6.61 Å². The molecule has 4 rings (SSSR count). The molecule has 0 aromatic carbocycles.